The molecule has 0 saturated carbocycles. The number of rotatable bonds is 0. The number of hydrogen-bond donors (Lipinski definition) is 2. The highest BCUT2D eigenvalue weighted by atomic mass is 32.1. The maximum atomic E-state index is 13.7. The number of amides is 2. The maximum absolute atomic E-state index is 13.7. The van der Waals surface area contributed by atoms with Crippen molar-refractivity contribution in [1.29, 1.82) is 5.26 Å². The Morgan fingerprint density at radius 3 is 2.73 bits per heavy atom. The SMILES string of the molecule is C=C1\C=C/C(C#N)=C\C=C\c2cc(cc(C(F)(F)F)c2)C2NC(=O)NC(C)=C2c2nc1cs2. The van der Waals surface area contributed by atoms with Crippen LogP contribution in [-0.2, 0) is 6.18 Å². The first-order chi connectivity index (χ1) is 15.7. The maximum Gasteiger partial charge on any atom is 0.416 e. The number of carbonyl (C=O) groups is 1. The molecule has 2 amide bonds. The molecule has 1 atom stereocenters. The topological polar surface area (TPSA) is 77.8 Å². The predicted molar refractivity (Wildman–Crippen MR) is 121 cm³/mol. The van der Waals surface area contributed by atoms with Crippen molar-refractivity contribution in [3.05, 3.63) is 93.1 Å². The number of carbonyl (C=O) groups excluding carboxylic acids is 1. The van der Waals surface area contributed by atoms with Crippen molar-refractivity contribution in [2.45, 2.75) is 19.1 Å². The van der Waals surface area contributed by atoms with Crippen molar-refractivity contribution in [3.8, 4) is 6.07 Å². The number of nitrogens with zero attached hydrogens (tertiary/aromatic N) is 2. The summed E-state index contributed by atoms with van der Waals surface area (Å²) in [5, 5.41) is 17.1. The second-order valence-electron chi connectivity index (χ2n) is 7.45. The summed E-state index contributed by atoms with van der Waals surface area (Å²) < 4.78 is 41.0. The summed E-state index contributed by atoms with van der Waals surface area (Å²) in [6, 6.07) is 4.31. The second-order valence-corrected chi connectivity index (χ2v) is 8.30. The average Bonchev–Trinajstić information content (AvgIpc) is 3.23. The van der Waals surface area contributed by atoms with Crippen LogP contribution in [0.15, 0.2) is 65.7 Å². The van der Waals surface area contributed by atoms with Gasteiger partial charge in [0.05, 0.1) is 28.9 Å². The Labute approximate surface area is 192 Å². The summed E-state index contributed by atoms with van der Waals surface area (Å²) >= 11 is 1.29. The molecule has 9 heteroatoms. The van der Waals surface area contributed by atoms with Crippen molar-refractivity contribution in [3.63, 3.8) is 0 Å². The van der Waals surface area contributed by atoms with Gasteiger partial charge in [-0.2, -0.15) is 18.4 Å². The summed E-state index contributed by atoms with van der Waals surface area (Å²) in [4.78, 5) is 16.8. The van der Waals surface area contributed by atoms with Gasteiger partial charge in [-0.3, -0.25) is 0 Å². The first-order valence-electron chi connectivity index (χ1n) is 9.78. The highest BCUT2D eigenvalue weighted by Gasteiger charge is 2.34. The van der Waals surface area contributed by atoms with Gasteiger partial charge in [0.2, 0.25) is 0 Å². The molecule has 0 radical (unpaired) electrons. The van der Waals surface area contributed by atoms with E-state index in [1.807, 2.05) is 6.07 Å². The first kappa shape index (κ1) is 22.3. The zero-order valence-corrected chi connectivity index (χ0v) is 18.1. The number of thiazole rings is 1. The normalized spacial score (nSPS) is 21.9. The zero-order valence-electron chi connectivity index (χ0n) is 17.3. The highest BCUT2D eigenvalue weighted by molar-refractivity contribution is 7.11. The van der Waals surface area contributed by atoms with E-state index in [0.29, 0.717) is 33.1 Å². The molecule has 4 bridgehead atoms. The summed E-state index contributed by atoms with van der Waals surface area (Å²) in [5.74, 6) is 0. The molecule has 1 unspecified atom stereocenters. The van der Waals surface area contributed by atoms with E-state index in [-0.39, 0.29) is 11.1 Å². The van der Waals surface area contributed by atoms with Crippen LogP contribution in [0, 0.1) is 11.3 Å². The molecule has 1 aromatic carbocycles. The van der Waals surface area contributed by atoms with E-state index in [0.717, 1.165) is 12.1 Å². The molecule has 2 aliphatic rings. The Morgan fingerprint density at radius 1 is 1.21 bits per heavy atom. The van der Waals surface area contributed by atoms with Crippen molar-refractivity contribution < 1.29 is 18.0 Å². The first-order valence-corrected chi connectivity index (χ1v) is 10.7. The third-order valence-corrected chi connectivity index (χ3v) is 6.00. The molecule has 0 spiro atoms. The number of nitriles is 1. The smallest absolute Gasteiger partial charge is 0.327 e. The number of allylic oxidation sites excluding steroid dienone is 7. The Hall–Kier alpha value is -3.90. The van der Waals surface area contributed by atoms with E-state index in [9.17, 15) is 23.2 Å². The fourth-order valence-electron chi connectivity index (χ4n) is 3.54. The van der Waals surface area contributed by atoms with Gasteiger partial charge in [0.25, 0.3) is 0 Å². The zero-order chi connectivity index (χ0) is 23.8. The monoisotopic (exact) mass is 466 g/mol. The van der Waals surface area contributed by atoms with Crippen LogP contribution in [0.4, 0.5) is 18.0 Å². The molecular weight excluding hydrogens is 449 g/mol. The van der Waals surface area contributed by atoms with E-state index in [2.05, 4.69) is 22.2 Å². The molecular formula is C24H17F3N4OS. The second kappa shape index (κ2) is 8.56. The molecule has 5 nitrogen and oxygen atoms in total. The number of hydrogen-bond acceptors (Lipinski definition) is 4. The van der Waals surface area contributed by atoms with E-state index < -0.39 is 23.8 Å². The molecule has 0 fully saturated rings. The number of urea groups is 1. The van der Waals surface area contributed by atoms with Crippen molar-refractivity contribution >= 4 is 34.6 Å². The standard InChI is InChI=1S/C24H17F3N4OS/c1-13-6-7-15(11-28)4-3-5-16-8-17(10-18(9-16)24(25,26)27)21-20(14(2)29-23(32)31-21)22-30-19(13)12-33-22/h3-10,12,21H,1H2,2H3,(H2,29,31,32)/b5-3+,7-6-,15-4+. The van der Waals surface area contributed by atoms with Crippen LogP contribution in [0.5, 0.6) is 0 Å². The predicted octanol–water partition coefficient (Wildman–Crippen LogP) is 5.99. The van der Waals surface area contributed by atoms with Crippen molar-refractivity contribution in [2.75, 3.05) is 0 Å². The van der Waals surface area contributed by atoms with Gasteiger partial charge in [0.15, 0.2) is 0 Å². The van der Waals surface area contributed by atoms with Crippen LogP contribution < -0.4 is 10.6 Å². The lowest BCUT2D eigenvalue weighted by Crippen LogP contribution is -2.43. The summed E-state index contributed by atoms with van der Waals surface area (Å²) in [6.07, 6.45) is 3.13. The van der Waals surface area contributed by atoms with E-state index in [1.54, 1.807) is 30.5 Å². The molecule has 4 rings (SSSR count). The Kier molecular flexibility index (Phi) is 5.78. The number of alkyl halides is 3. The number of benzene rings is 1. The van der Waals surface area contributed by atoms with Crippen LogP contribution in [0.25, 0.3) is 17.2 Å². The fourth-order valence-corrected chi connectivity index (χ4v) is 4.52. The Balaban J connectivity index is 1.99. The van der Waals surface area contributed by atoms with Crippen molar-refractivity contribution in [1.82, 2.24) is 15.6 Å². The minimum Gasteiger partial charge on any atom is -0.327 e. The molecule has 2 aliphatic heterocycles. The summed E-state index contributed by atoms with van der Waals surface area (Å²) in [5.41, 5.74) is 2.21. The van der Waals surface area contributed by atoms with Gasteiger partial charge in [-0.1, -0.05) is 24.8 Å². The largest absolute Gasteiger partial charge is 0.416 e. The Morgan fingerprint density at radius 2 is 2.00 bits per heavy atom. The van der Waals surface area contributed by atoms with Crippen molar-refractivity contribution in [2.24, 2.45) is 0 Å². The molecule has 0 aliphatic carbocycles. The quantitative estimate of drug-likeness (QED) is 0.500. The van der Waals surface area contributed by atoms with E-state index in [1.165, 1.54) is 29.6 Å². The van der Waals surface area contributed by atoms with Gasteiger partial charge in [0, 0.05) is 16.7 Å². The van der Waals surface area contributed by atoms with Crippen LogP contribution in [0.1, 0.15) is 40.4 Å². The molecule has 166 valence electrons. The van der Waals surface area contributed by atoms with Gasteiger partial charge in [-0.05, 0) is 54.0 Å². The van der Waals surface area contributed by atoms with Gasteiger partial charge >= 0.3 is 12.2 Å². The van der Waals surface area contributed by atoms with Gasteiger partial charge in [-0.15, -0.1) is 11.3 Å². The Bertz CT molecular complexity index is 1320. The number of aromatic nitrogens is 1. The van der Waals surface area contributed by atoms with Crippen LogP contribution in [0.2, 0.25) is 0 Å². The van der Waals surface area contributed by atoms with Crippen LogP contribution in [-0.4, -0.2) is 11.0 Å². The highest BCUT2D eigenvalue weighted by Crippen LogP contribution is 2.39. The van der Waals surface area contributed by atoms with E-state index in [4.69, 9.17) is 0 Å². The lowest BCUT2D eigenvalue weighted by atomic mass is 9.92. The van der Waals surface area contributed by atoms with Gasteiger partial charge in [0.1, 0.15) is 5.01 Å². The van der Waals surface area contributed by atoms with Gasteiger partial charge < -0.3 is 10.6 Å². The number of halogens is 3. The summed E-state index contributed by atoms with van der Waals surface area (Å²) in [7, 11) is 0. The minimum absolute atomic E-state index is 0.265. The molecule has 2 aromatic rings. The molecule has 1 aromatic heterocycles. The molecule has 33 heavy (non-hydrogen) atoms. The third kappa shape index (κ3) is 4.66. The lowest BCUT2D eigenvalue weighted by molar-refractivity contribution is -0.137. The lowest BCUT2D eigenvalue weighted by Gasteiger charge is -2.29. The molecule has 0 saturated heterocycles. The molecule has 3 heterocycles. The minimum atomic E-state index is -4.58. The summed E-state index contributed by atoms with van der Waals surface area (Å²) in [6.45, 7) is 5.67. The fraction of sp³-hybridized carbons (Fsp3) is 0.125. The molecule has 2 N–H and O–H groups in total. The van der Waals surface area contributed by atoms with Crippen LogP contribution in [0.3, 0.4) is 0 Å². The number of nitrogens with one attached hydrogen (secondary N) is 2. The average molecular weight is 466 g/mol. The van der Waals surface area contributed by atoms with Gasteiger partial charge in [-0.25, -0.2) is 9.78 Å². The number of fused-ring (bicyclic) bond motifs is 7. The third-order valence-electron chi connectivity index (χ3n) is 5.13. The van der Waals surface area contributed by atoms with Crippen LogP contribution >= 0.6 is 11.3 Å². The van der Waals surface area contributed by atoms with E-state index >= 15 is 0 Å².